The van der Waals surface area contributed by atoms with Crippen LogP contribution in [0.3, 0.4) is 0 Å². The Bertz CT molecular complexity index is 405. The highest BCUT2D eigenvalue weighted by molar-refractivity contribution is 7.18. The number of thiophene rings is 1. The van der Waals surface area contributed by atoms with Gasteiger partial charge in [0.25, 0.3) is 0 Å². The third kappa shape index (κ3) is 1.74. The van der Waals surface area contributed by atoms with Crippen LogP contribution in [0.5, 0.6) is 0 Å². The molecular formula is C11H16N2OS. The van der Waals surface area contributed by atoms with Crippen LogP contribution in [0.15, 0.2) is 0 Å². The minimum Gasteiger partial charge on any atom is -0.397 e. The molecule has 82 valence electrons. The second-order valence-electron chi connectivity index (χ2n) is 4.29. The van der Waals surface area contributed by atoms with Crippen LogP contribution in [0, 0.1) is 0 Å². The molecule has 1 fully saturated rings. The fourth-order valence-corrected chi connectivity index (χ4v) is 2.93. The van der Waals surface area contributed by atoms with Crippen molar-refractivity contribution >= 4 is 27.8 Å². The van der Waals surface area contributed by atoms with Crippen LogP contribution in [0.25, 0.3) is 0 Å². The minimum atomic E-state index is 0.0764. The lowest BCUT2D eigenvalue weighted by Gasteiger charge is -2.12. The Labute approximate surface area is 93.9 Å². The zero-order chi connectivity index (χ0) is 11.2. The summed E-state index contributed by atoms with van der Waals surface area (Å²) in [5.74, 6) is 0.666. The van der Waals surface area contributed by atoms with Gasteiger partial charge in [-0.1, -0.05) is 0 Å². The normalized spacial score (nSPS) is 15.4. The average molecular weight is 224 g/mol. The zero-order valence-electron chi connectivity index (χ0n) is 9.33. The van der Waals surface area contributed by atoms with E-state index in [0.29, 0.717) is 5.92 Å². The number of anilines is 2. The number of nitrogen functional groups attached to an aromatic ring is 1. The Morgan fingerprint density at radius 3 is 2.47 bits per heavy atom. The summed E-state index contributed by atoms with van der Waals surface area (Å²) in [6.07, 6.45) is 2.41. The van der Waals surface area contributed by atoms with Gasteiger partial charge < -0.3 is 10.6 Å². The third-order valence-electron chi connectivity index (χ3n) is 2.68. The van der Waals surface area contributed by atoms with Crippen LogP contribution in [0.4, 0.5) is 10.7 Å². The summed E-state index contributed by atoms with van der Waals surface area (Å²) >= 11 is 1.52. The van der Waals surface area contributed by atoms with Gasteiger partial charge in [0.15, 0.2) is 5.78 Å². The van der Waals surface area contributed by atoms with Crippen molar-refractivity contribution in [1.82, 2.24) is 0 Å². The summed E-state index contributed by atoms with van der Waals surface area (Å²) in [6, 6.07) is 0. The molecule has 0 spiro atoms. The van der Waals surface area contributed by atoms with Crippen LogP contribution >= 0.6 is 11.3 Å². The van der Waals surface area contributed by atoms with Crippen molar-refractivity contribution in [3.8, 4) is 0 Å². The van der Waals surface area contributed by atoms with Gasteiger partial charge in [-0.25, -0.2) is 0 Å². The molecule has 1 saturated carbocycles. The van der Waals surface area contributed by atoms with E-state index in [1.165, 1.54) is 29.7 Å². The van der Waals surface area contributed by atoms with E-state index in [-0.39, 0.29) is 5.78 Å². The maximum absolute atomic E-state index is 11.4. The molecule has 0 aliphatic heterocycles. The molecule has 3 nitrogen and oxygen atoms in total. The smallest absolute Gasteiger partial charge is 0.171 e. The van der Waals surface area contributed by atoms with Gasteiger partial charge >= 0.3 is 0 Å². The number of ketones is 1. The summed E-state index contributed by atoms with van der Waals surface area (Å²) in [5, 5.41) is 1.15. The van der Waals surface area contributed by atoms with Crippen molar-refractivity contribution in [2.45, 2.75) is 25.7 Å². The average Bonchev–Trinajstić information content (AvgIpc) is 2.89. The van der Waals surface area contributed by atoms with Gasteiger partial charge in [-0.3, -0.25) is 4.79 Å². The number of nitrogens with zero attached hydrogens (tertiary/aromatic N) is 1. The molecular weight excluding hydrogens is 208 g/mol. The molecule has 1 aliphatic rings. The lowest BCUT2D eigenvalue weighted by atomic mass is 10.1. The highest BCUT2D eigenvalue weighted by Gasteiger charge is 2.32. The minimum absolute atomic E-state index is 0.0764. The van der Waals surface area contributed by atoms with E-state index in [1.54, 1.807) is 6.92 Å². The van der Waals surface area contributed by atoms with Crippen molar-refractivity contribution in [3.05, 3.63) is 10.4 Å². The highest BCUT2D eigenvalue weighted by Crippen LogP contribution is 2.51. The predicted octanol–water partition coefficient (Wildman–Crippen LogP) is 2.48. The van der Waals surface area contributed by atoms with Crippen LogP contribution in [-0.2, 0) is 0 Å². The number of rotatable bonds is 3. The molecule has 0 bridgehead atoms. The van der Waals surface area contributed by atoms with E-state index in [0.717, 1.165) is 15.6 Å². The molecule has 0 unspecified atom stereocenters. The van der Waals surface area contributed by atoms with Crippen molar-refractivity contribution < 1.29 is 4.79 Å². The molecule has 1 aromatic rings. The zero-order valence-corrected chi connectivity index (χ0v) is 10.1. The van der Waals surface area contributed by atoms with Gasteiger partial charge in [0, 0.05) is 26.6 Å². The third-order valence-corrected chi connectivity index (χ3v) is 4.17. The fourth-order valence-electron chi connectivity index (χ4n) is 1.80. The quantitative estimate of drug-likeness (QED) is 0.802. The number of Topliss-reactive ketones (excluding diaryl/α,β-unsaturated/α-hetero) is 1. The van der Waals surface area contributed by atoms with Gasteiger partial charge in [0.2, 0.25) is 0 Å². The molecule has 1 aromatic heterocycles. The van der Waals surface area contributed by atoms with Crippen molar-refractivity contribution in [2.24, 2.45) is 0 Å². The van der Waals surface area contributed by atoms with Crippen LogP contribution < -0.4 is 10.6 Å². The lowest BCUT2D eigenvalue weighted by Crippen LogP contribution is -2.08. The molecule has 0 saturated heterocycles. The van der Waals surface area contributed by atoms with Crippen molar-refractivity contribution in [3.63, 3.8) is 0 Å². The van der Waals surface area contributed by atoms with E-state index >= 15 is 0 Å². The first-order chi connectivity index (χ1) is 7.02. The molecule has 2 N–H and O–H groups in total. The molecule has 0 amide bonds. The van der Waals surface area contributed by atoms with Crippen molar-refractivity contribution in [1.29, 1.82) is 0 Å². The Balaban J connectivity index is 2.53. The van der Waals surface area contributed by atoms with E-state index in [2.05, 4.69) is 4.90 Å². The Morgan fingerprint density at radius 1 is 1.47 bits per heavy atom. The van der Waals surface area contributed by atoms with E-state index < -0.39 is 0 Å². The number of carbonyl (C=O) groups excluding carboxylic acids is 1. The largest absolute Gasteiger partial charge is 0.397 e. The van der Waals surface area contributed by atoms with Gasteiger partial charge in [0.05, 0.1) is 15.6 Å². The van der Waals surface area contributed by atoms with E-state index in [4.69, 9.17) is 5.73 Å². The molecule has 1 heterocycles. The maximum Gasteiger partial charge on any atom is 0.171 e. The summed E-state index contributed by atoms with van der Waals surface area (Å²) in [5.41, 5.74) is 7.97. The SMILES string of the molecule is CC(=O)c1sc(N(C)C)c(C2CC2)c1N. The monoisotopic (exact) mass is 224 g/mol. The summed E-state index contributed by atoms with van der Waals surface area (Å²) in [7, 11) is 4.00. The van der Waals surface area contributed by atoms with Crippen LogP contribution in [0.2, 0.25) is 0 Å². The van der Waals surface area contributed by atoms with Gasteiger partial charge in [0.1, 0.15) is 0 Å². The van der Waals surface area contributed by atoms with Gasteiger partial charge in [-0.05, 0) is 18.8 Å². The Hall–Kier alpha value is -1.03. The van der Waals surface area contributed by atoms with Gasteiger partial charge in [-0.2, -0.15) is 0 Å². The molecule has 0 atom stereocenters. The Kier molecular flexibility index (Phi) is 2.46. The highest BCUT2D eigenvalue weighted by atomic mass is 32.1. The van der Waals surface area contributed by atoms with Crippen LogP contribution in [0.1, 0.15) is 40.9 Å². The number of nitrogens with two attached hydrogens (primary N) is 1. The molecule has 15 heavy (non-hydrogen) atoms. The maximum atomic E-state index is 11.4. The number of carbonyl (C=O) groups is 1. The van der Waals surface area contributed by atoms with E-state index in [1.807, 2.05) is 14.1 Å². The Morgan fingerprint density at radius 2 is 2.07 bits per heavy atom. The first-order valence-electron chi connectivity index (χ1n) is 5.12. The molecule has 1 aliphatic carbocycles. The molecule has 0 aromatic carbocycles. The first kappa shape index (κ1) is 10.5. The standard InChI is InChI=1S/C11H16N2OS/c1-6(14)10-9(12)8(7-4-5-7)11(15-10)13(2)3/h7H,4-5,12H2,1-3H3. The van der Waals surface area contributed by atoms with E-state index in [9.17, 15) is 4.79 Å². The first-order valence-corrected chi connectivity index (χ1v) is 5.94. The second kappa shape index (κ2) is 3.52. The topological polar surface area (TPSA) is 46.3 Å². The summed E-state index contributed by atoms with van der Waals surface area (Å²) < 4.78 is 0. The van der Waals surface area contributed by atoms with Crippen LogP contribution in [-0.4, -0.2) is 19.9 Å². The molecule has 4 heteroatoms. The second-order valence-corrected chi connectivity index (χ2v) is 5.29. The summed E-state index contributed by atoms with van der Waals surface area (Å²) in [4.78, 5) is 14.2. The number of hydrogen-bond donors (Lipinski definition) is 1. The van der Waals surface area contributed by atoms with Crippen molar-refractivity contribution in [2.75, 3.05) is 24.7 Å². The summed E-state index contributed by atoms with van der Waals surface area (Å²) in [6.45, 7) is 1.58. The lowest BCUT2D eigenvalue weighted by molar-refractivity contribution is 0.102. The predicted molar refractivity (Wildman–Crippen MR) is 65.0 cm³/mol. The fraction of sp³-hybridized carbons (Fsp3) is 0.545. The molecule has 2 rings (SSSR count). The molecule has 0 radical (unpaired) electrons. The van der Waals surface area contributed by atoms with Gasteiger partial charge in [-0.15, -0.1) is 11.3 Å². The number of hydrogen-bond acceptors (Lipinski definition) is 4.